The van der Waals surface area contributed by atoms with E-state index in [9.17, 15) is 17.8 Å². The van der Waals surface area contributed by atoms with Crippen LogP contribution in [0, 0.1) is 12.3 Å². The first-order chi connectivity index (χ1) is 22.9. The lowest BCUT2D eigenvalue weighted by Gasteiger charge is -2.32. The highest BCUT2D eigenvalue weighted by Crippen LogP contribution is 2.41. The summed E-state index contributed by atoms with van der Waals surface area (Å²) in [6.07, 6.45) is 7.53. The number of allylic oxidation sites excluding steroid dienone is 3. The predicted molar refractivity (Wildman–Crippen MR) is 195 cm³/mol. The van der Waals surface area contributed by atoms with E-state index in [4.69, 9.17) is 9.73 Å². The molecule has 7 nitrogen and oxygen atoms in total. The van der Waals surface area contributed by atoms with E-state index < -0.39 is 15.5 Å². The second-order valence-electron chi connectivity index (χ2n) is 13.4. The SMILES string of the molecule is CCN(CC)c1ccc(C(=C2C=CC(=NC3CCCCC3OC(=O)C(C)(C)CC)c3cccc(S(=O)(=O)O)c32)c2ccc(C)cc2)cc1. The van der Waals surface area contributed by atoms with Gasteiger partial charge in [0.15, 0.2) is 0 Å². The van der Waals surface area contributed by atoms with Crippen LogP contribution in [0.2, 0.25) is 0 Å². The zero-order valence-electron chi connectivity index (χ0n) is 29.0. The van der Waals surface area contributed by atoms with Crippen molar-refractivity contribution < 1.29 is 22.5 Å². The smallest absolute Gasteiger partial charge is 0.311 e. The van der Waals surface area contributed by atoms with Gasteiger partial charge in [-0.2, -0.15) is 8.42 Å². The van der Waals surface area contributed by atoms with E-state index in [-0.39, 0.29) is 23.0 Å². The van der Waals surface area contributed by atoms with Crippen LogP contribution in [0.3, 0.4) is 0 Å². The number of nitrogens with zero attached hydrogens (tertiary/aromatic N) is 2. The molecule has 2 aliphatic rings. The number of anilines is 1. The van der Waals surface area contributed by atoms with E-state index in [0.29, 0.717) is 28.8 Å². The molecule has 1 N–H and O–H groups in total. The van der Waals surface area contributed by atoms with Crippen LogP contribution in [0.15, 0.2) is 88.8 Å². The van der Waals surface area contributed by atoms with Crippen molar-refractivity contribution in [3.05, 3.63) is 107 Å². The maximum absolute atomic E-state index is 13.1. The van der Waals surface area contributed by atoms with Crippen LogP contribution in [0.1, 0.15) is 94.5 Å². The molecule has 0 aliphatic heterocycles. The Hall–Kier alpha value is -4.01. The molecule has 3 aromatic carbocycles. The van der Waals surface area contributed by atoms with Crippen LogP contribution in [0.5, 0.6) is 0 Å². The maximum Gasteiger partial charge on any atom is 0.311 e. The van der Waals surface area contributed by atoms with Gasteiger partial charge in [0, 0.05) is 29.9 Å². The van der Waals surface area contributed by atoms with E-state index in [1.54, 1.807) is 6.07 Å². The quantitative estimate of drug-likeness (QED) is 0.172. The van der Waals surface area contributed by atoms with Crippen LogP contribution in [-0.2, 0) is 19.6 Å². The average Bonchev–Trinajstić information content (AvgIpc) is 3.07. The Bertz CT molecular complexity index is 1830. The second-order valence-corrected chi connectivity index (χ2v) is 14.8. The summed E-state index contributed by atoms with van der Waals surface area (Å²) in [5, 5.41) is 0. The minimum atomic E-state index is -4.61. The van der Waals surface area contributed by atoms with Gasteiger partial charge in [-0.05, 0) is 107 Å². The first-order valence-electron chi connectivity index (χ1n) is 17.1. The lowest BCUT2D eigenvalue weighted by molar-refractivity contribution is -0.162. The Morgan fingerprint density at radius 3 is 2.15 bits per heavy atom. The minimum absolute atomic E-state index is 0.173. The molecule has 2 aliphatic carbocycles. The molecule has 0 amide bonds. The van der Waals surface area contributed by atoms with Crippen LogP contribution < -0.4 is 4.90 Å². The fourth-order valence-electron chi connectivity index (χ4n) is 6.50. The van der Waals surface area contributed by atoms with E-state index in [0.717, 1.165) is 66.7 Å². The highest BCUT2D eigenvalue weighted by atomic mass is 32.2. The molecule has 0 saturated heterocycles. The van der Waals surface area contributed by atoms with Gasteiger partial charge in [0.05, 0.1) is 17.2 Å². The van der Waals surface area contributed by atoms with Crippen molar-refractivity contribution in [3.63, 3.8) is 0 Å². The summed E-state index contributed by atoms with van der Waals surface area (Å²) in [6.45, 7) is 13.8. The predicted octanol–water partition coefficient (Wildman–Crippen LogP) is 8.70. The molecule has 0 heterocycles. The summed E-state index contributed by atoms with van der Waals surface area (Å²) in [5.41, 5.74) is 6.60. The number of aryl methyl sites for hydroxylation is 1. The molecule has 0 radical (unpaired) electrons. The molecule has 48 heavy (non-hydrogen) atoms. The van der Waals surface area contributed by atoms with E-state index in [1.807, 2.05) is 70.2 Å². The van der Waals surface area contributed by atoms with Crippen molar-refractivity contribution in [1.82, 2.24) is 0 Å². The largest absolute Gasteiger partial charge is 0.460 e. The van der Waals surface area contributed by atoms with Crippen molar-refractivity contribution in [3.8, 4) is 0 Å². The van der Waals surface area contributed by atoms with Crippen molar-refractivity contribution in [2.75, 3.05) is 18.0 Å². The van der Waals surface area contributed by atoms with Gasteiger partial charge in [0.1, 0.15) is 11.0 Å². The third-order valence-corrected chi connectivity index (χ3v) is 10.7. The fourth-order valence-corrected chi connectivity index (χ4v) is 7.23. The normalized spacial score (nSPS) is 19.9. The zero-order chi connectivity index (χ0) is 34.6. The number of benzene rings is 3. The molecule has 2 atom stereocenters. The Balaban J connectivity index is 1.71. The lowest BCUT2D eigenvalue weighted by atomic mass is 9.83. The first kappa shape index (κ1) is 35.3. The number of rotatable bonds is 10. The first-order valence-corrected chi connectivity index (χ1v) is 18.6. The van der Waals surface area contributed by atoms with Gasteiger partial charge in [-0.25, -0.2) is 0 Å². The molecule has 254 valence electrons. The van der Waals surface area contributed by atoms with Gasteiger partial charge in [-0.1, -0.05) is 73.5 Å². The number of aliphatic imine (C=N–C) groups is 1. The van der Waals surface area contributed by atoms with Crippen molar-refractivity contribution >= 4 is 38.6 Å². The van der Waals surface area contributed by atoms with E-state index in [1.165, 1.54) is 6.07 Å². The molecule has 1 saturated carbocycles. The molecular formula is C40H48N2O5S. The highest BCUT2D eigenvalue weighted by molar-refractivity contribution is 7.86. The number of fused-ring (bicyclic) bond motifs is 1. The summed E-state index contributed by atoms with van der Waals surface area (Å²) in [7, 11) is -4.61. The van der Waals surface area contributed by atoms with Gasteiger partial charge < -0.3 is 9.64 Å². The molecular weight excluding hydrogens is 621 g/mol. The van der Waals surface area contributed by atoms with E-state index in [2.05, 4.69) is 43.0 Å². The summed E-state index contributed by atoms with van der Waals surface area (Å²) < 4.78 is 42.6. The summed E-state index contributed by atoms with van der Waals surface area (Å²) in [5.74, 6) is -0.227. The van der Waals surface area contributed by atoms with Crippen molar-refractivity contribution in [1.29, 1.82) is 0 Å². The van der Waals surface area contributed by atoms with Crippen LogP contribution in [0.25, 0.3) is 11.1 Å². The second kappa shape index (κ2) is 14.6. The number of ether oxygens (including phenoxy) is 1. The molecule has 0 aromatic heterocycles. The van der Waals surface area contributed by atoms with Crippen LogP contribution >= 0.6 is 0 Å². The monoisotopic (exact) mass is 668 g/mol. The van der Waals surface area contributed by atoms with Crippen LogP contribution in [-0.4, -0.2) is 49.9 Å². The molecule has 0 spiro atoms. The molecule has 1 fully saturated rings. The highest BCUT2D eigenvalue weighted by Gasteiger charge is 2.35. The molecule has 8 heteroatoms. The van der Waals surface area contributed by atoms with E-state index >= 15 is 0 Å². The summed E-state index contributed by atoms with van der Waals surface area (Å²) in [6, 6.07) is 21.2. The number of carbonyl (C=O) groups is 1. The molecule has 0 bridgehead atoms. The fraction of sp³-hybridized carbons (Fsp3) is 0.400. The zero-order valence-corrected chi connectivity index (χ0v) is 29.8. The number of esters is 1. The van der Waals surface area contributed by atoms with Gasteiger partial charge in [0.25, 0.3) is 10.1 Å². The maximum atomic E-state index is 13.1. The van der Waals surface area contributed by atoms with Crippen molar-refractivity contribution in [2.24, 2.45) is 10.4 Å². The van der Waals surface area contributed by atoms with Gasteiger partial charge in [-0.3, -0.25) is 14.3 Å². The van der Waals surface area contributed by atoms with Crippen molar-refractivity contribution in [2.45, 2.75) is 90.7 Å². The molecule has 5 rings (SSSR count). The van der Waals surface area contributed by atoms with Gasteiger partial charge in [-0.15, -0.1) is 0 Å². The molecule has 3 aromatic rings. The Morgan fingerprint density at radius 2 is 1.54 bits per heavy atom. The minimum Gasteiger partial charge on any atom is -0.460 e. The summed E-state index contributed by atoms with van der Waals surface area (Å²) >= 11 is 0. The Kier molecular flexibility index (Phi) is 10.8. The third-order valence-electron chi connectivity index (χ3n) is 9.82. The standard InChI is InChI=1S/C40H48N2O5S/c1-7-40(5,6)39(43)47-35-15-11-10-14-34(35)41-33-26-25-32(38-31(33)13-12-16-36(38)48(44,45)46)37(28-19-17-27(4)18-20-28)29-21-23-30(24-22-29)42(8-2)9-3/h12-13,16-26,34-35H,7-11,14-15H2,1-6H3,(H,44,45,46). The average molecular weight is 669 g/mol. The lowest BCUT2D eigenvalue weighted by Crippen LogP contribution is -2.38. The topological polar surface area (TPSA) is 96.3 Å². The Morgan fingerprint density at radius 1 is 0.917 bits per heavy atom. The number of carbonyl (C=O) groups excluding carboxylic acids is 1. The van der Waals surface area contributed by atoms with Crippen LogP contribution in [0.4, 0.5) is 5.69 Å². The molecule has 2 unspecified atom stereocenters. The third kappa shape index (κ3) is 7.50. The Labute approximate surface area is 286 Å². The number of hydrogen-bond donors (Lipinski definition) is 1. The summed E-state index contributed by atoms with van der Waals surface area (Å²) in [4.78, 5) is 20.3. The number of hydrogen-bond acceptors (Lipinski definition) is 6. The van der Waals surface area contributed by atoms with Gasteiger partial charge >= 0.3 is 5.97 Å². The van der Waals surface area contributed by atoms with Gasteiger partial charge in [0.2, 0.25) is 0 Å².